The topological polar surface area (TPSA) is 125 Å². The van der Waals surface area contributed by atoms with Crippen LogP contribution in [0, 0.1) is 0 Å². The van der Waals surface area contributed by atoms with Crippen LogP contribution in [0.1, 0.15) is 24.2 Å². The molecule has 0 aliphatic carbocycles. The standard InChI is InChI=1S/C14H18N2O6/c1-3-22-11(17)9-4-6-10(7-5-9)16-13(20)15-8-14(2,21)12(18)19/h4-7,21H,3,8H2,1-2H3,(H,18,19)(H2,15,16,20). The second-order valence-electron chi connectivity index (χ2n) is 4.68. The molecule has 0 heterocycles. The molecule has 1 aromatic rings. The maximum absolute atomic E-state index is 11.6. The van der Waals surface area contributed by atoms with E-state index >= 15 is 0 Å². The lowest BCUT2D eigenvalue weighted by atomic mass is 10.1. The van der Waals surface area contributed by atoms with Crippen LogP contribution in [0.3, 0.4) is 0 Å². The summed E-state index contributed by atoms with van der Waals surface area (Å²) < 4.78 is 4.83. The number of esters is 1. The monoisotopic (exact) mass is 310 g/mol. The number of aliphatic hydroxyl groups is 1. The summed E-state index contributed by atoms with van der Waals surface area (Å²) >= 11 is 0. The molecule has 8 nitrogen and oxygen atoms in total. The van der Waals surface area contributed by atoms with Crippen LogP contribution in [0.15, 0.2) is 24.3 Å². The zero-order valence-corrected chi connectivity index (χ0v) is 12.3. The first-order valence-electron chi connectivity index (χ1n) is 6.54. The third kappa shape index (κ3) is 5.06. The molecule has 0 aliphatic rings. The van der Waals surface area contributed by atoms with Crippen LogP contribution in [-0.4, -0.2) is 46.9 Å². The van der Waals surface area contributed by atoms with Crippen molar-refractivity contribution in [2.45, 2.75) is 19.4 Å². The molecule has 1 aromatic carbocycles. The normalized spacial score (nSPS) is 12.9. The first-order chi connectivity index (χ1) is 10.3. The fraction of sp³-hybridized carbons (Fsp3) is 0.357. The van der Waals surface area contributed by atoms with Crippen molar-refractivity contribution in [3.63, 3.8) is 0 Å². The van der Waals surface area contributed by atoms with Crippen molar-refractivity contribution in [2.75, 3.05) is 18.5 Å². The Kier molecular flexibility index (Phi) is 5.88. The number of nitrogens with one attached hydrogen (secondary N) is 2. The highest BCUT2D eigenvalue weighted by atomic mass is 16.5. The van der Waals surface area contributed by atoms with E-state index in [2.05, 4.69) is 10.6 Å². The molecule has 1 unspecified atom stereocenters. The van der Waals surface area contributed by atoms with E-state index in [1.807, 2.05) is 0 Å². The summed E-state index contributed by atoms with van der Waals surface area (Å²) in [5, 5.41) is 22.8. The maximum Gasteiger partial charge on any atom is 0.338 e. The molecule has 1 atom stereocenters. The predicted octanol–water partition coefficient (Wildman–Crippen LogP) is 0.820. The molecule has 0 saturated heterocycles. The number of anilines is 1. The first kappa shape index (κ1) is 17.4. The smallest absolute Gasteiger partial charge is 0.338 e. The van der Waals surface area contributed by atoms with Gasteiger partial charge in [0.1, 0.15) is 0 Å². The Labute approximate surface area is 127 Å². The number of carbonyl (C=O) groups excluding carboxylic acids is 2. The van der Waals surface area contributed by atoms with Gasteiger partial charge in [-0.2, -0.15) is 0 Å². The molecular weight excluding hydrogens is 292 g/mol. The quantitative estimate of drug-likeness (QED) is 0.576. The Bertz CT molecular complexity index is 553. The van der Waals surface area contributed by atoms with Crippen LogP contribution in [-0.2, 0) is 9.53 Å². The van der Waals surface area contributed by atoms with Crippen molar-refractivity contribution in [1.82, 2.24) is 5.32 Å². The number of hydrogen-bond acceptors (Lipinski definition) is 5. The van der Waals surface area contributed by atoms with Crippen LogP contribution in [0.2, 0.25) is 0 Å². The van der Waals surface area contributed by atoms with E-state index in [-0.39, 0.29) is 6.61 Å². The molecule has 22 heavy (non-hydrogen) atoms. The van der Waals surface area contributed by atoms with Gasteiger partial charge < -0.3 is 25.6 Å². The fourth-order valence-corrected chi connectivity index (χ4v) is 1.41. The minimum Gasteiger partial charge on any atom is -0.479 e. The Morgan fingerprint density at radius 3 is 2.32 bits per heavy atom. The minimum atomic E-state index is -2.05. The van der Waals surface area contributed by atoms with Gasteiger partial charge in [0.15, 0.2) is 5.60 Å². The molecule has 2 amide bonds. The van der Waals surface area contributed by atoms with Gasteiger partial charge in [0, 0.05) is 5.69 Å². The van der Waals surface area contributed by atoms with Crippen LogP contribution in [0.5, 0.6) is 0 Å². The highest BCUT2D eigenvalue weighted by molar-refractivity contribution is 5.92. The number of carboxylic acids is 1. The zero-order valence-electron chi connectivity index (χ0n) is 12.3. The van der Waals surface area contributed by atoms with Crippen molar-refractivity contribution in [3.05, 3.63) is 29.8 Å². The Hall–Kier alpha value is -2.61. The van der Waals surface area contributed by atoms with Crippen molar-refractivity contribution in [3.8, 4) is 0 Å². The molecule has 120 valence electrons. The lowest BCUT2D eigenvalue weighted by Gasteiger charge is -2.18. The maximum atomic E-state index is 11.6. The van der Waals surface area contributed by atoms with E-state index in [0.717, 1.165) is 6.92 Å². The molecule has 1 rings (SSSR count). The molecule has 0 saturated carbocycles. The van der Waals surface area contributed by atoms with E-state index in [1.165, 1.54) is 24.3 Å². The first-order valence-corrected chi connectivity index (χ1v) is 6.54. The summed E-state index contributed by atoms with van der Waals surface area (Å²) in [5.41, 5.74) is -1.30. The number of hydrogen-bond donors (Lipinski definition) is 4. The molecule has 0 bridgehead atoms. The molecule has 0 radical (unpaired) electrons. The lowest BCUT2D eigenvalue weighted by molar-refractivity contribution is -0.155. The summed E-state index contributed by atoms with van der Waals surface area (Å²) in [6.45, 7) is 2.59. The third-order valence-electron chi connectivity index (χ3n) is 2.71. The number of urea groups is 1. The molecule has 0 spiro atoms. The van der Waals surface area contributed by atoms with Gasteiger partial charge in [0.05, 0.1) is 18.7 Å². The Balaban J connectivity index is 2.55. The second-order valence-corrected chi connectivity index (χ2v) is 4.68. The van der Waals surface area contributed by atoms with Gasteiger partial charge in [-0.1, -0.05) is 0 Å². The Morgan fingerprint density at radius 1 is 1.23 bits per heavy atom. The molecular formula is C14H18N2O6. The van der Waals surface area contributed by atoms with Crippen molar-refractivity contribution < 1.29 is 29.3 Å². The highest BCUT2D eigenvalue weighted by Crippen LogP contribution is 2.10. The number of aliphatic carboxylic acids is 1. The summed E-state index contributed by atoms with van der Waals surface area (Å²) in [6.07, 6.45) is 0. The summed E-state index contributed by atoms with van der Waals surface area (Å²) in [6, 6.07) is 5.30. The number of ether oxygens (including phenoxy) is 1. The van der Waals surface area contributed by atoms with Crippen LogP contribution < -0.4 is 10.6 Å². The average Bonchev–Trinajstić information content (AvgIpc) is 2.46. The largest absolute Gasteiger partial charge is 0.479 e. The van der Waals surface area contributed by atoms with Crippen LogP contribution in [0.4, 0.5) is 10.5 Å². The average molecular weight is 310 g/mol. The Morgan fingerprint density at radius 2 is 1.82 bits per heavy atom. The van der Waals surface area contributed by atoms with Gasteiger partial charge in [0.2, 0.25) is 0 Å². The van der Waals surface area contributed by atoms with Gasteiger partial charge in [-0.3, -0.25) is 0 Å². The van der Waals surface area contributed by atoms with Gasteiger partial charge in [-0.05, 0) is 38.1 Å². The number of carboxylic acid groups (broad SMARTS) is 1. The number of amides is 2. The lowest BCUT2D eigenvalue weighted by Crippen LogP contribution is -2.47. The molecule has 0 aromatic heterocycles. The molecule has 4 N–H and O–H groups in total. The van der Waals surface area contributed by atoms with Crippen LogP contribution in [0.25, 0.3) is 0 Å². The number of carbonyl (C=O) groups is 3. The predicted molar refractivity (Wildman–Crippen MR) is 77.7 cm³/mol. The number of rotatable bonds is 6. The van der Waals surface area contributed by atoms with Gasteiger partial charge in [-0.15, -0.1) is 0 Å². The summed E-state index contributed by atoms with van der Waals surface area (Å²) in [5.74, 6) is -1.90. The van der Waals surface area contributed by atoms with Crippen LogP contribution >= 0.6 is 0 Å². The second kappa shape index (κ2) is 7.41. The van der Waals surface area contributed by atoms with Gasteiger partial charge >= 0.3 is 18.0 Å². The highest BCUT2D eigenvalue weighted by Gasteiger charge is 2.30. The SMILES string of the molecule is CCOC(=O)c1ccc(NC(=O)NCC(C)(O)C(=O)O)cc1. The van der Waals surface area contributed by atoms with E-state index < -0.39 is 30.1 Å². The molecule has 0 aliphatic heterocycles. The van der Waals surface area contributed by atoms with Gasteiger partial charge in [0.25, 0.3) is 0 Å². The molecule has 0 fully saturated rings. The van der Waals surface area contributed by atoms with Gasteiger partial charge in [-0.25, -0.2) is 14.4 Å². The summed E-state index contributed by atoms with van der Waals surface area (Å²) in [7, 11) is 0. The van der Waals surface area contributed by atoms with E-state index in [4.69, 9.17) is 9.84 Å². The van der Waals surface area contributed by atoms with E-state index in [9.17, 15) is 19.5 Å². The van der Waals surface area contributed by atoms with Crippen molar-refractivity contribution in [2.24, 2.45) is 0 Å². The van der Waals surface area contributed by atoms with Crippen molar-refractivity contribution >= 4 is 23.7 Å². The summed E-state index contributed by atoms with van der Waals surface area (Å²) in [4.78, 5) is 33.7. The fourth-order valence-electron chi connectivity index (χ4n) is 1.41. The number of benzene rings is 1. The zero-order chi connectivity index (χ0) is 16.8. The van der Waals surface area contributed by atoms with E-state index in [0.29, 0.717) is 11.3 Å². The van der Waals surface area contributed by atoms with Crippen molar-refractivity contribution in [1.29, 1.82) is 0 Å². The minimum absolute atomic E-state index is 0.269. The third-order valence-corrected chi connectivity index (χ3v) is 2.71. The van der Waals surface area contributed by atoms with E-state index in [1.54, 1.807) is 6.92 Å². The molecule has 8 heteroatoms.